The first-order valence-corrected chi connectivity index (χ1v) is 9.68. The van der Waals surface area contributed by atoms with Crippen molar-refractivity contribution in [2.24, 2.45) is 5.92 Å². The predicted molar refractivity (Wildman–Crippen MR) is 86.6 cm³/mol. The van der Waals surface area contributed by atoms with Gasteiger partial charge in [0.25, 0.3) is 0 Å². The number of hydrogen-bond donors (Lipinski definition) is 0. The monoisotopic (exact) mass is 494 g/mol. The number of rotatable bonds is 8. The molecule has 1 aliphatic rings. The van der Waals surface area contributed by atoms with E-state index in [4.69, 9.17) is 0 Å². The molecule has 23 heavy (non-hydrogen) atoms. The van der Waals surface area contributed by atoms with Crippen LogP contribution in [-0.2, 0) is 26.2 Å². The summed E-state index contributed by atoms with van der Waals surface area (Å²) in [6.45, 7) is 9.44. The van der Waals surface area contributed by atoms with Crippen molar-refractivity contribution in [2.45, 2.75) is 52.4 Å². The summed E-state index contributed by atoms with van der Waals surface area (Å²) in [6, 6.07) is 0. The third-order valence-electron chi connectivity index (χ3n) is 3.63. The van der Waals surface area contributed by atoms with E-state index < -0.39 is 0 Å². The van der Waals surface area contributed by atoms with E-state index in [1.807, 2.05) is 0 Å². The Hall–Kier alpha value is 1.69. The van der Waals surface area contributed by atoms with E-state index in [1.165, 1.54) is 38.5 Å². The summed E-state index contributed by atoms with van der Waals surface area (Å²) < 4.78 is 0. The van der Waals surface area contributed by atoms with Crippen molar-refractivity contribution >= 4 is 7.92 Å². The van der Waals surface area contributed by atoms with Crippen LogP contribution in [0.1, 0.15) is 52.4 Å². The van der Waals surface area contributed by atoms with E-state index in [9.17, 15) is 0 Å². The van der Waals surface area contributed by atoms with Crippen LogP contribution >= 0.6 is 7.92 Å². The average molecular weight is 497 g/mol. The van der Waals surface area contributed by atoms with E-state index in [-0.39, 0.29) is 83.8 Å². The number of halogens is 4. The first kappa shape index (κ1) is 35.7. The molecule has 0 heterocycles. The van der Waals surface area contributed by atoms with Crippen LogP contribution in [0.15, 0.2) is 35.2 Å². The SMILES string of the molecule is CCCCC(=C(CCCC)P(C)C)C1C=CC=C1.[Cl-].[Cl-].[Cl-].[Cl-].[Zr+4]. The minimum atomic E-state index is 0. The van der Waals surface area contributed by atoms with Crippen molar-refractivity contribution in [3.8, 4) is 0 Å². The smallest absolute Gasteiger partial charge is 1.00 e. The quantitative estimate of drug-likeness (QED) is 0.294. The molecule has 0 aliphatic heterocycles. The Labute approximate surface area is 189 Å². The Morgan fingerprint density at radius 2 is 1.26 bits per heavy atom. The zero-order valence-electron chi connectivity index (χ0n) is 14.6. The van der Waals surface area contributed by atoms with Gasteiger partial charge in [-0.3, -0.25) is 0 Å². The van der Waals surface area contributed by atoms with Crippen LogP contribution in [0.5, 0.6) is 0 Å². The summed E-state index contributed by atoms with van der Waals surface area (Å²) in [4.78, 5) is 0. The van der Waals surface area contributed by atoms with Crippen LogP contribution in [0, 0.1) is 5.92 Å². The summed E-state index contributed by atoms with van der Waals surface area (Å²) >= 11 is 0. The molecule has 134 valence electrons. The molecule has 6 heteroatoms. The maximum atomic E-state index is 2.43. The van der Waals surface area contributed by atoms with Crippen molar-refractivity contribution in [1.29, 1.82) is 0 Å². The maximum Gasteiger partial charge on any atom is 4.00 e. The molecular weight excluding hydrogens is 468 g/mol. The minimum absolute atomic E-state index is 0. The Morgan fingerprint density at radius 1 is 0.826 bits per heavy atom. The molecule has 0 aromatic rings. The molecule has 0 amide bonds. The van der Waals surface area contributed by atoms with Gasteiger partial charge in [0.1, 0.15) is 0 Å². The topological polar surface area (TPSA) is 0 Å². The molecule has 0 saturated carbocycles. The van der Waals surface area contributed by atoms with Crippen molar-refractivity contribution in [2.75, 3.05) is 13.3 Å². The average Bonchev–Trinajstić information content (AvgIpc) is 2.86. The number of hydrogen-bond acceptors (Lipinski definition) is 0. The van der Waals surface area contributed by atoms with Gasteiger partial charge < -0.3 is 49.6 Å². The Bertz CT molecular complexity index is 329. The van der Waals surface area contributed by atoms with Gasteiger partial charge in [-0.1, -0.05) is 64.5 Å². The molecule has 1 aliphatic carbocycles. The molecule has 1 rings (SSSR count). The first-order chi connectivity index (χ1) is 8.70. The van der Waals surface area contributed by atoms with E-state index in [0.29, 0.717) is 5.92 Å². The van der Waals surface area contributed by atoms with Crippen LogP contribution in [0.2, 0.25) is 0 Å². The van der Waals surface area contributed by atoms with Crippen LogP contribution in [0.4, 0.5) is 0 Å². The van der Waals surface area contributed by atoms with Crippen LogP contribution in [-0.4, -0.2) is 13.3 Å². The normalized spacial score (nSPS) is 13.1. The molecule has 0 bridgehead atoms. The fraction of sp³-hybridized carbons (Fsp3) is 0.647. The Balaban J connectivity index is -0.000000216. The van der Waals surface area contributed by atoms with Crippen LogP contribution in [0.3, 0.4) is 0 Å². The van der Waals surface area contributed by atoms with Gasteiger partial charge in [0.2, 0.25) is 0 Å². The van der Waals surface area contributed by atoms with Crippen molar-refractivity contribution in [3.63, 3.8) is 0 Å². The van der Waals surface area contributed by atoms with E-state index in [2.05, 4.69) is 51.5 Å². The molecule has 0 aromatic carbocycles. The van der Waals surface area contributed by atoms with Gasteiger partial charge in [0.15, 0.2) is 0 Å². The van der Waals surface area contributed by atoms with Gasteiger partial charge in [-0.05, 0) is 44.3 Å². The second kappa shape index (κ2) is 21.7. The van der Waals surface area contributed by atoms with E-state index in [1.54, 1.807) is 10.9 Å². The first-order valence-electron chi connectivity index (χ1n) is 7.44. The van der Waals surface area contributed by atoms with E-state index >= 15 is 0 Å². The molecular formula is C17H29Cl4PZr. The standard InChI is InChI=1S/C17H29P.4ClH.Zr/c1-5-7-13-16(15-11-9-10-12-15)17(18(3)4)14-8-6-2;;;;;/h9-12,15H,5-8,13-14H2,1-4H3;4*1H;/q;;;;;+4/p-4. The third-order valence-corrected chi connectivity index (χ3v) is 5.22. The molecule has 0 unspecified atom stereocenters. The summed E-state index contributed by atoms with van der Waals surface area (Å²) in [5, 5.41) is 1.79. The number of allylic oxidation sites excluding steroid dienone is 6. The fourth-order valence-electron chi connectivity index (χ4n) is 2.55. The van der Waals surface area contributed by atoms with Crippen molar-refractivity contribution in [1.82, 2.24) is 0 Å². The van der Waals surface area contributed by atoms with Gasteiger partial charge in [0, 0.05) is 5.92 Å². The zero-order valence-corrected chi connectivity index (χ0v) is 21.0. The van der Waals surface area contributed by atoms with Gasteiger partial charge in [0.05, 0.1) is 0 Å². The van der Waals surface area contributed by atoms with Crippen LogP contribution in [0.25, 0.3) is 0 Å². The Kier molecular flexibility index (Phi) is 33.8. The molecule has 0 radical (unpaired) electrons. The summed E-state index contributed by atoms with van der Waals surface area (Å²) in [6.07, 6.45) is 17.1. The van der Waals surface area contributed by atoms with Crippen LogP contribution < -0.4 is 49.6 Å². The van der Waals surface area contributed by atoms with Crippen molar-refractivity contribution < 1.29 is 75.8 Å². The fourth-order valence-corrected chi connectivity index (χ4v) is 3.99. The molecule has 0 nitrogen and oxygen atoms in total. The zero-order chi connectivity index (χ0) is 13.4. The number of unbranched alkanes of at least 4 members (excludes halogenated alkanes) is 2. The van der Waals surface area contributed by atoms with Gasteiger partial charge >= 0.3 is 26.2 Å². The minimum Gasteiger partial charge on any atom is -1.00 e. The molecule has 0 atom stereocenters. The third kappa shape index (κ3) is 13.5. The van der Waals surface area contributed by atoms with Gasteiger partial charge in [-0.25, -0.2) is 0 Å². The van der Waals surface area contributed by atoms with Gasteiger partial charge in [-0.2, -0.15) is 0 Å². The molecule has 0 fully saturated rings. The van der Waals surface area contributed by atoms with Gasteiger partial charge in [-0.15, -0.1) is 0 Å². The largest absolute Gasteiger partial charge is 4.00 e. The summed E-state index contributed by atoms with van der Waals surface area (Å²) in [7, 11) is 0.0643. The van der Waals surface area contributed by atoms with Crippen molar-refractivity contribution in [3.05, 3.63) is 35.2 Å². The second-order valence-corrected chi connectivity index (χ2v) is 7.70. The Morgan fingerprint density at radius 3 is 1.65 bits per heavy atom. The van der Waals surface area contributed by atoms with E-state index in [0.717, 1.165) is 0 Å². The second-order valence-electron chi connectivity index (χ2n) is 5.37. The molecule has 0 N–H and O–H groups in total. The summed E-state index contributed by atoms with van der Waals surface area (Å²) in [5.41, 5.74) is 1.74. The maximum absolute atomic E-state index is 2.43. The summed E-state index contributed by atoms with van der Waals surface area (Å²) in [5.74, 6) is 0.605. The molecule has 0 saturated heterocycles. The predicted octanol–water partition coefficient (Wildman–Crippen LogP) is -5.88. The molecule has 0 spiro atoms. The molecule has 0 aromatic heterocycles.